The van der Waals surface area contributed by atoms with Gasteiger partial charge in [-0.05, 0) is 15.9 Å². The molecule has 0 spiro atoms. The van der Waals surface area contributed by atoms with E-state index in [2.05, 4.69) is 30.9 Å². The van der Waals surface area contributed by atoms with Crippen LogP contribution in [0.15, 0.2) is 11.1 Å². The lowest BCUT2D eigenvalue weighted by atomic mass is 9.90. The number of fused-ring (bicyclic) bond motifs is 3. The number of ether oxygens (including phenoxy) is 4. The van der Waals surface area contributed by atoms with E-state index in [0.717, 1.165) is 0 Å². The first-order chi connectivity index (χ1) is 11.6. The van der Waals surface area contributed by atoms with Gasteiger partial charge in [0, 0.05) is 20.6 Å². The van der Waals surface area contributed by atoms with Crippen LogP contribution in [-0.2, 0) is 18.9 Å². The van der Waals surface area contributed by atoms with Crippen molar-refractivity contribution in [1.82, 2.24) is 19.5 Å². The van der Waals surface area contributed by atoms with E-state index in [0.29, 0.717) is 41.3 Å². The first-order valence-corrected chi connectivity index (χ1v) is 8.35. The van der Waals surface area contributed by atoms with Gasteiger partial charge in [-0.3, -0.25) is 4.57 Å². The molecule has 2 fully saturated rings. The second-order valence-electron chi connectivity index (χ2n) is 5.93. The van der Waals surface area contributed by atoms with Crippen LogP contribution in [0.1, 0.15) is 12.6 Å². The van der Waals surface area contributed by atoms with Gasteiger partial charge in [-0.15, -0.1) is 0 Å². The van der Waals surface area contributed by atoms with Gasteiger partial charge >= 0.3 is 0 Å². The molecular weight excluding hydrogens is 382 g/mol. The highest BCUT2D eigenvalue weighted by Gasteiger charge is 2.60. The van der Waals surface area contributed by atoms with E-state index in [4.69, 9.17) is 24.7 Å². The van der Waals surface area contributed by atoms with Crippen LogP contribution in [0.5, 0.6) is 0 Å². The smallest absolute Gasteiger partial charge is 0.181 e. The molecule has 2 N–H and O–H groups in total. The van der Waals surface area contributed by atoms with Crippen molar-refractivity contribution >= 4 is 32.9 Å². The second kappa shape index (κ2) is 5.88. The molecule has 0 aliphatic carbocycles. The van der Waals surface area contributed by atoms with Crippen LogP contribution >= 0.6 is 15.9 Å². The number of aromatic nitrogens is 4. The summed E-state index contributed by atoms with van der Waals surface area (Å²) in [6.07, 6.45) is 1.08. The van der Waals surface area contributed by atoms with E-state index < -0.39 is 11.8 Å². The van der Waals surface area contributed by atoms with Crippen molar-refractivity contribution in [2.45, 2.75) is 30.5 Å². The molecule has 10 heteroatoms. The lowest BCUT2D eigenvalue weighted by Crippen LogP contribution is -2.52. The maximum Gasteiger partial charge on any atom is 0.181 e. The minimum Gasteiger partial charge on any atom is -0.382 e. The fraction of sp³-hybridized carbons (Fsp3) is 0.643. The van der Waals surface area contributed by atoms with Gasteiger partial charge in [-0.2, -0.15) is 0 Å². The Morgan fingerprint density at radius 3 is 3.04 bits per heavy atom. The molecule has 4 atom stereocenters. The molecule has 2 aromatic heterocycles. The maximum absolute atomic E-state index is 6.41. The second-order valence-corrected chi connectivity index (χ2v) is 6.64. The molecular formula is C14H18BrN5O4. The number of halogens is 1. The maximum atomic E-state index is 6.41. The number of methoxy groups -OCH3 is 2. The van der Waals surface area contributed by atoms with E-state index >= 15 is 0 Å². The minimum atomic E-state index is -0.564. The Bertz CT molecular complexity index is 767. The zero-order valence-corrected chi connectivity index (χ0v) is 14.9. The average Bonchev–Trinajstić information content (AvgIpc) is 2.97. The topological polar surface area (TPSA) is 107 Å². The predicted octanol–water partition coefficient (Wildman–Crippen LogP) is 0.889. The van der Waals surface area contributed by atoms with Crippen molar-refractivity contribution in [1.29, 1.82) is 0 Å². The number of imidazole rings is 1. The van der Waals surface area contributed by atoms with E-state index in [1.807, 2.05) is 4.57 Å². The van der Waals surface area contributed by atoms with Gasteiger partial charge in [0.05, 0.1) is 13.2 Å². The Balaban J connectivity index is 1.83. The summed E-state index contributed by atoms with van der Waals surface area (Å²) < 4.78 is 25.8. The van der Waals surface area contributed by atoms with Crippen LogP contribution in [0.2, 0.25) is 0 Å². The molecule has 130 valence electrons. The summed E-state index contributed by atoms with van der Waals surface area (Å²) in [6.45, 7) is 0.995. The third-order valence-corrected chi connectivity index (χ3v) is 5.21. The first-order valence-electron chi connectivity index (χ1n) is 7.56. The summed E-state index contributed by atoms with van der Waals surface area (Å²) in [5.74, 6) is 0.316. The number of nitrogens with zero attached hydrogens (tertiary/aromatic N) is 4. The molecule has 0 aromatic carbocycles. The van der Waals surface area contributed by atoms with Gasteiger partial charge in [0.1, 0.15) is 24.1 Å². The molecule has 1 unspecified atom stereocenters. The third-order valence-electron chi connectivity index (χ3n) is 4.65. The fourth-order valence-electron chi connectivity index (χ4n) is 3.67. The van der Waals surface area contributed by atoms with Crippen molar-refractivity contribution < 1.29 is 18.9 Å². The van der Waals surface area contributed by atoms with Crippen LogP contribution in [0.3, 0.4) is 0 Å². The molecule has 2 aromatic rings. The summed E-state index contributed by atoms with van der Waals surface area (Å²) in [7, 11) is 3.31. The van der Waals surface area contributed by atoms with Crippen molar-refractivity contribution in [3.8, 4) is 0 Å². The van der Waals surface area contributed by atoms with Crippen molar-refractivity contribution in [3.63, 3.8) is 0 Å². The number of nitrogens with two attached hydrogens (primary N) is 1. The SMILES string of the molecule is COC[C@@]12CCO[C@@H](C1OC)[C@H](n1c(Br)nc3c(N)ncnc31)O2. The molecule has 4 heterocycles. The molecule has 24 heavy (non-hydrogen) atoms. The van der Waals surface area contributed by atoms with Crippen LogP contribution in [-0.4, -0.2) is 64.8 Å². The molecule has 0 amide bonds. The number of hydrogen-bond donors (Lipinski definition) is 1. The lowest BCUT2D eigenvalue weighted by molar-refractivity contribution is -0.159. The predicted molar refractivity (Wildman–Crippen MR) is 87.3 cm³/mol. The van der Waals surface area contributed by atoms with Crippen LogP contribution < -0.4 is 5.73 Å². The van der Waals surface area contributed by atoms with Gasteiger partial charge in [0.2, 0.25) is 0 Å². The van der Waals surface area contributed by atoms with E-state index in [1.165, 1.54) is 6.33 Å². The Morgan fingerprint density at radius 2 is 2.29 bits per heavy atom. The Hall–Kier alpha value is -1.33. The molecule has 2 bridgehead atoms. The monoisotopic (exact) mass is 399 g/mol. The van der Waals surface area contributed by atoms with Gasteiger partial charge in [0.15, 0.2) is 27.9 Å². The Kier molecular flexibility index (Phi) is 3.96. The highest BCUT2D eigenvalue weighted by atomic mass is 79.9. The van der Waals surface area contributed by atoms with Crippen molar-refractivity contribution in [3.05, 3.63) is 11.1 Å². The number of hydrogen-bond acceptors (Lipinski definition) is 8. The lowest BCUT2D eigenvalue weighted by Gasteiger charge is -2.37. The summed E-state index contributed by atoms with van der Waals surface area (Å²) in [5.41, 5.74) is 6.44. The molecule has 0 radical (unpaired) electrons. The van der Waals surface area contributed by atoms with E-state index in [1.54, 1.807) is 14.2 Å². The van der Waals surface area contributed by atoms with Crippen LogP contribution in [0.4, 0.5) is 5.82 Å². The largest absolute Gasteiger partial charge is 0.382 e. The summed E-state index contributed by atoms with van der Waals surface area (Å²) >= 11 is 3.47. The zero-order chi connectivity index (χ0) is 16.9. The minimum absolute atomic E-state index is 0.250. The quantitative estimate of drug-likeness (QED) is 0.755. The molecule has 0 saturated carbocycles. The highest BCUT2D eigenvalue weighted by molar-refractivity contribution is 9.10. The first kappa shape index (κ1) is 16.2. The van der Waals surface area contributed by atoms with E-state index in [-0.39, 0.29) is 12.2 Å². The van der Waals surface area contributed by atoms with Crippen LogP contribution in [0.25, 0.3) is 11.2 Å². The molecule has 2 saturated heterocycles. The standard InChI is InChI=1S/C14H18BrN5O4/c1-21-5-14-3-4-23-8(9(14)22-2)12(24-14)20-11-7(19-13(20)15)10(16)17-6-18-11/h6,8-9,12H,3-5H2,1-2H3,(H2,16,17,18)/t8-,9?,12+,14-/m0/s1. The van der Waals surface area contributed by atoms with Gasteiger partial charge in [-0.1, -0.05) is 0 Å². The average molecular weight is 400 g/mol. The van der Waals surface area contributed by atoms with Gasteiger partial charge in [-0.25, -0.2) is 15.0 Å². The normalized spacial score (nSPS) is 32.5. The summed E-state index contributed by atoms with van der Waals surface area (Å²) in [6, 6.07) is 0. The Morgan fingerprint density at radius 1 is 1.46 bits per heavy atom. The Labute approximate surface area is 146 Å². The molecule has 2 aliphatic rings. The zero-order valence-electron chi connectivity index (χ0n) is 13.3. The van der Waals surface area contributed by atoms with Gasteiger partial charge in [0.25, 0.3) is 0 Å². The number of anilines is 1. The fourth-order valence-corrected chi connectivity index (χ4v) is 4.22. The van der Waals surface area contributed by atoms with Crippen molar-refractivity contribution in [2.75, 3.05) is 33.2 Å². The van der Waals surface area contributed by atoms with Gasteiger partial charge < -0.3 is 24.7 Å². The third kappa shape index (κ3) is 2.17. The molecule has 2 aliphatic heterocycles. The molecule has 4 rings (SSSR count). The summed E-state index contributed by atoms with van der Waals surface area (Å²) in [5, 5.41) is 0. The van der Waals surface area contributed by atoms with Crippen molar-refractivity contribution in [2.24, 2.45) is 0 Å². The van der Waals surface area contributed by atoms with E-state index in [9.17, 15) is 0 Å². The number of nitrogen functional groups attached to an aromatic ring is 1. The highest BCUT2D eigenvalue weighted by Crippen LogP contribution is 2.47. The van der Waals surface area contributed by atoms with Crippen LogP contribution in [0, 0.1) is 0 Å². The molecule has 9 nitrogen and oxygen atoms in total. The summed E-state index contributed by atoms with van der Waals surface area (Å²) in [4.78, 5) is 12.7. The number of rotatable bonds is 4.